The van der Waals surface area contributed by atoms with E-state index in [4.69, 9.17) is 9.15 Å². The molecule has 0 fully saturated rings. The van der Waals surface area contributed by atoms with Crippen molar-refractivity contribution in [3.8, 4) is 5.75 Å². The van der Waals surface area contributed by atoms with E-state index < -0.39 is 17.9 Å². The van der Waals surface area contributed by atoms with Gasteiger partial charge in [0.15, 0.2) is 28.0 Å². The minimum absolute atomic E-state index is 0.0715. The minimum atomic E-state index is -0.836. The van der Waals surface area contributed by atoms with E-state index in [1.807, 2.05) is 0 Å². The van der Waals surface area contributed by atoms with Gasteiger partial charge in [-0.1, -0.05) is 12.1 Å². The predicted octanol–water partition coefficient (Wildman–Crippen LogP) is 2.86. The Hall–Kier alpha value is -3.20. The van der Waals surface area contributed by atoms with Gasteiger partial charge in [0.25, 0.3) is 5.91 Å². The Kier molecular flexibility index (Phi) is 5.22. The molecule has 0 spiro atoms. The molecule has 1 atom stereocenters. The summed E-state index contributed by atoms with van der Waals surface area (Å²) in [6.07, 6.45) is 0. The molecule has 9 heteroatoms. The van der Waals surface area contributed by atoms with E-state index in [9.17, 15) is 14.4 Å². The molecule has 0 aliphatic rings. The minimum Gasteiger partial charge on any atom is -0.493 e. The lowest BCUT2D eigenvalue weighted by molar-refractivity contribution is -0.117. The Morgan fingerprint density at radius 2 is 2.07 bits per heavy atom. The van der Waals surface area contributed by atoms with Gasteiger partial charge in [0.05, 0.1) is 7.11 Å². The Morgan fingerprint density at radius 3 is 2.74 bits per heavy atom. The number of ether oxygens (including phenoxy) is 1. The maximum absolute atomic E-state index is 12.4. The van der Waals surface area contributed by atoms with Crippen molar-refractivity contribution in [3.63, 3.8) is 0 Å². The van der Waals surface area contributed by atoms with Crippen molar-refractivity contribution in [2.45, 2.75) is 19.9 Å². The summed E-state index contributed by atoms with van der Waals surface area (Å²) in [6.45, 7) is 2.93. The normalized spacial score (nSPS) is 11.8. The molecule has 0 radical (unpaired) electrons. The smallest absolute Gasteiger partial charge is 0.287 e. The van der Waals surface area contributed by atoms with Gasteiger partial charge in [-0.05, 0) is 19.1 Å². The van der Waals surface area contributed by atoms with Gasteiger partial charge in [-0.2, -0.15) is 0 Å². The molecule has 140 valence electrons. The van der Waals surface area contributed by atoms with E-state index in [1.165, 1.54) is 21.0 Å². The van der Waals surface area contributed by atoms with Gasteiger partial charge in [0, 0.05) is 17.7 Å². The molecule has 2 amide bonds. The van der Waals surface area contributed by atoms with Crippen molar-refractivity contribution < 1.29 is 23.5 Å². The summed E-state index contributed by atoms with van der Waals surface area (Å²) in [4.78, 5) is 39.9. The summed E-state index contributed by atoms with van der Waals surface area (Å²) < 4.78 is 10.8. The van der Waals surface area contributed by atoms with Gasteiger partial charge in [-0.3, -0.25) is 14.4 Å². The number of Topliss-reactive ketones (excluding diaryl/α,β-unsaturated/α-hetero) is 1. The van der Waals surface area contributed by atoms with Crippen LogP contribution in [0, 0.1) is 0 Å². The quantitative estimate of drug-likeness (QED) is 0.629. The first-order valence-corrected chi connectivity index (χ1v) is 8.91. The number of aromatic nitrogens is 1. The van der Waals surface area contributed by atoms with Crippen molar-refractivity contribution in [1.82, 2.24) is 10.3 Å². The van der Waals surface area contributed by atoms with Crippen LogP contribution in [0.1, 0.15) is 34.9 Å². The van der Waals surface area contributed by atoms with E-state index >= 15 is 0 Å². The van der Waals surface area contributed by atoms with Crippen LogP contribution in [0.3, 0.4) is 0 Å². The summed E-state index contributed by atoms with van der Waals surface area (Å²) in [5.41, 5.74) is 0.741. The van der Waals surface area contributed by atoms with Crippen LogP contribution in [0.25, 0.3) is 11.0 Å². The van der Waals surface area contributed by atoms with E-state index in [0.717, 1.165) is 16.7 Å². The molecule has 0 saturated carbocycles. The Morgan fingerprint density at radius 1 is 1.30 bits per heavy atom. The lowest BCUT2D eigenvalue weighted by Gasteiger charge is -2.11. The van der Waals surface area contributed by atoms with E-state index in [-0.39, 0.29) is 17.2 Å². The van der Waals surface area contributed by atoms with Gasteiger partial charge in [-0.15, -0.1) is 11.3 Å². The standard InChI is InChI=1S/C18H17N3O5S/c1-9(16(23)21-18-20-12(8-27-18)10(2)22)19-17(24)14-7-11-5-4-6-13(25-3)15(11)26-14/h4-9H,1-3H3,(H,19,24)(H,20,21,23)/t9-/m1/s1. The van der Waals surface area contributed by atoms with Crippen LogP contribution in [-0.2, 0) is 4.79 Å². The van der Waals surface area contributed by atoms with Crippen LogP contribution >= 0.6 is 11.3 Å². The number of furan rings is 1. The second kappa shape index (κ2) is 7.58. The van der Waals surface area contributed by atoms with Gasteiger partial charge in [-0.25, -0.2) is 4.98 Å². The van der Waals surface area contributed by atoms with Gasteiger partial charge < -0.3 is 19.8 Å². The van der Waals surface area contributed by atoms with Gasteiger partial charge >= 0.3 is 0 Å². The summed E-state index contributed by atoms with van der Waals surface area (Å²) in [7, 11) is 1.51. The third-order valence-electron chi connectivity index (χ3n) is 3.79. The number of rotatable bonds is 6. The molecule has 3 rings (SSSR count). The molecule has 0 unspecified atom stereocenters. The van der Waals surface area contributed by atoms with Crippen molar-refractivity contribution in [2.75, 3.05) is 12.4 Å². The van der Waals surface area contributed by atoms with Crippen molar-refractivity contribution >= 4 is 45.0 Å². The number of fused-ring (bicyclic) bond motifs is 1. The molecule has 0 saturated heterocycles. The average molecular weight is 387 g/mol. The zero-order valence-corrected chi connectivity index (χ0v) is 15.7. The van der Waals surface area contributed by atoms with Crippen molar-refractivity contribution in [3.05, 3.63) is 41.1 Å². The largest absolute Gasteiger partial charge is 0.493 e. The molecule has 0 bridgehead atoms. The second-order valence-electron chi connectivity index (χ2n) is 5.77. The van der Waals surface area contributed by atoms with Crippen LogP contribution in [0.15, 0.2) is 34.1 Å². The fourth-order valence-electron chi connectivity index (χ4n) is 2.35. The zero-order chi connectivity index (χ0) is 19.6. The lowest BCUT2D eigenvalue weighted by Crippen LogP contribution is -2.41. The van der Waals surface area contributed by atoms with E-state index in [0.29, 0.717) is 16.5 Å². The summed E-state index contributed by atoms with van der Waals surface area (Å²) in [5.74, 6) is -0.584. The highest BCUT2D eigenvalue weighted by Gasteiger charge is 2.21. The van der Waals surface area contributed by atoms with E-state index in [2.05, 4.69) is 15.6 Å². The molecule has 2 aromatic heterocycles. The Labute approximate surface area is 158 Å². The molecule has 2 heterocycles. The second-order valence-corrected chi connectivity index (χ2v) is 6.63. The topological polar surface area (TPSA) is 111 Å². The maximum atomic E-state index is 12.4. The maximum Gasteiger partial charge on any atom is 0.287 e. The first-order valence-electron chi connectivity index (χ1n) is 8.03. The fraction of sp³-hybridized carbons (Fsp3) is 0.222. The molecular weight excluding hydrogens is 370 g/mol. The number of carbonyl (C=O) groups is 3. The lowest BCUT2D eigenvalue weighted by atomic mass is 10.2. The number of nitrogens with one attached hydrogen (secondary N) is 2. The van der Waals surface area contributed by atoms with Gasteiger partial charge in [0.2, 0.25) is 5.91 Å². The third kappa shape index (κ3) is 3.98. The van der Waals surface area contributed by atoms with Crippen molar-refractivity contribution in [1.29, 1.82) is 0 Å². The first-order chi connectivity index (χ1) is 12.9. The number of anilines is 1. The number of amides is 2. The van der Waals surface area contributed by atoms with Gasteiger partial charge in [0.1, 0.15) is 11.7 Å². The Bertz CT molecular complexity index is 1020. The number of para-hydroxylation sites is 1. The zero-order valence-electron chi connectivity index (χ0n) is 14.9. The molecule has 27 heavy (non-hydrogen) atoms. The predicted molar refractivity (Wildman–Crippen MR) is 100 cm³/mol. The SMILES string of the molecule is COc1cccc2cc(C(=O)N[C@H](C)C(=O)Nc3nc(C(C)=O)cs3)oc12. The number of carbonyl (C=O) groups excluding carboxylic acids is 3. The molecule has 1 aromatic carbocycles. The van der Waals surface area contributed by atoms with E-state index in [1.54, 1.807) is 29.6 Å². The first kappa shape index (κ1) is 18.6. The molecule has 0 aliphatic heterocycles. The highest BCUT2D eigenvalue weighted by Crippen LogP contribution is 2.28. The molecule has 3 aromatic rings. The fourth-order valence-corrected chi connectivity index (χ4v) is 3.10. The number of hydrogen-bond donors (Lipinski definition) is 2. The molecular formula is C18H17N3O5S. The summed E-state index contributed by atoms with van der Waals surface area (Å²) in [6, 6.07) is 6.06. The van der Waals surface area contributed by atoms with Crippen molar-refractivity contribution in [2.24, 2.45) is 0 Å². The number of benzene rings is 1. The number of ketones is 1. The molecule has 0 aliphatic carbocycles. The van der Waals surface area contributed by atoms with Crippen LogP contribution in [-0.4, -0.2) is 35.7 Å². The van der Waals surface area contributed by atoms with Crippen LogP contribution < -0.4 is 15.4 Å². The van der Waals surface area contributed by atoms with Crippen LogP contribution in [0.5, 0.6) is 5.75 Å². The number of hydrogen-bond acceptors (Lipinski definition) is 7. The summed E-state index contributed by atoms with van der Waals surface area (Å²) >= 11 is 1.14. The van der Waals surface area contributed by atoms with Crippen LogP contribution in [0.4, 0.5) is 5.13 Å². The third-order valence-corrected chi connectivity index (χ3v) is 4.55. The number of nitrogens with zero attached hydrogens (tertiary/aromatic N) is 1. The highest BCUT2D eigenvalue weighted by atomic mass is 32.1. The summed E-state index contributed by atoms with van der Waals surface area (Å²) in [5, 5.41) is 7.71. The average Bonchev–Trinajstić information content (AvgIpc) is 3.28. The number of methoxy groups -OCH3 is 1. The Balaban J connectivity index is 1.67. The molecule has 8 nitrogen and oxygen atoms in total. The number of thiazole rings is 1. The highest BCUT2D eigenvalue weighted by molar-refractivity contribution is 7.14. The molecule has 2 N–H and O–H groups in total. The monoisotopic (exact) mass is 387 g/mol. The van der Waals surface area contributed by atoms with Crippen LogP contribution in [0.2, 0.25) is 0 Å².